The van der Waals surface area contributed by atoms with Crippen molar-refractivity contribution < 1.29 is 4.74 Å². The van der Waals surface area contributed by atoms with Crippen molar-refractivity contribution in [3.8, 4) is 11.8 Å². The van der Waals surface area contributed by atoms with Gasteiger partial charge in [0.25, 0.3) is 0 Å². The SMILES string of the molecule is Cc1ccc(OCc2cc(C=C(C#N)C(N)=S)c(C)cc2C)cc1. The van der Waals surface area contributed by atoms with Crippen molar-refractivity contribution in [2.75, 3.05) is 0 Å². The lowest BCUT2D eigenvalue weighted by Gasteiger charge is -2.12. The number of hydrogen-bond donors (Lipinski definition) is 1. The van der Waals surface area contributed by atoms with Gasteiger partial charge in [-0.15, -0.1) is 0 Å². The van der Waals surface area contributed by atoms with Crippen molar-refractivity contribution in [1.82, 2.24) is 0 Å². The molecule has 0 aliphatic rings. The summed E-state index contributed by atoms with van der Waals surface area (Å²) in [6, 6.07) is 14.1. The lowest BCUT2D eigenvalue weighted by Crippen LogP contribution is -2.10. The summed E-state index contributed by atoms with van der Waals surface area (Å²) in [5, 5.41) is 9.14. The van der Waals surface area contributed by atoms with Crippen molar-refractivity contribution in [2.24, 2.45) is 5.73 Å². The number of rotatable bonds is 5. The van der Waals surface area contributed by atoms with Gasteiger partial charge in [-0.25, -0.2) is 0 Å². The maximum Gasteiger partial charge on any atom is 0.119 e. The third-order valence-electron chi connectivity index (χ3n) is 3.83. The van der Waals surface area contributed by atoms with Crippen molar-refractivity contribution in [2.45, 2.75) is 27.4 Å². The molecule has 0 radical (unpaired) electrons. The molecule has 4 heteroatoms. The molecule has 2 rings (SSSR count). The molecule has 0 unspecified atom stereocenters. The highest BCUT2D eigenvalue weighted by molar-refractivity contribution is 7.80. The predicted octanol–water partition coefficient (Wildman–Crippen LogP) is 4.38. The number of nitrogens with zero attached hydrogens (tertiary/aromatic N) is 1. The standard InChI is InChI=1S/C20H20N2OS/c1-13-4-6-19(7-5-13)23-12-18-10-16(14(2)8-15(18)3)9-17(11-21)20(22)24/h4-10H,12H2,1-3H3,(H2,22,24). The molecule has 24 heavy (non-hydrogen) atoms. The van der Waals surface area contributed by atoms with E-state index >= 15 is 0 Å². The second-order valence-electron chi connectivity index (χ2n) is 5.77. The Bertz CT molecular complexity index is 830. The monoisotopic (exact) mass is 336 g/mol. The second kappa shape index (κ2) is 7.76. The summed E-state index contributed by atoms with van der Waals surface area (Å²) in [4.78, 5) is 0.106. The molecule has 0 atom stereocenters. The quantitative estimate of drug-likeness (QED) is 0.500. The first-order valence-corrected chi connectivity index (χ1v) is 8.02. The zero-order valence-corrected chi connectivity index (χ0v) is 14.9. The molecule has 0 spiro atoms. The van der Waals surface area contributed by atoms with Crippen molar-refractivity contribution >= 4 is 23.3 Å². The Hall–Kier alpha value is -2.64. The molecule has 0 amide bonds. The smallest absolute Gasteiger partial charge is 0.119 e. The normalized spacial score (nSPS) is 11.0. The van der Waals surface area contributed by atoms with Gasteiger partial charge in [-0.3, -0.25) is 0 Å². The highest BCUT2D eigenvalue weighted by Gasteiger charge is 2.07. The van der Waals surface area contributed by atoms with Crippen molar-refractivity contribution in [3.63, 3.8) is 0 Å². The first-order valence-electron chi connectivity index (χ1n) is 7.62. The van der Waals surface area contributed by atoms with Crippen LogP contribution in [0.3, 0.4) is 0 Å². The summed E-state index contributed by atoms with van der Waals surface area (Å²) >= 11 is 4.91. The molecule has 3 nitrogen and oxygen atoms in total. The lowest BCUT2D eigenvalue weighted by molar-refractivity contribution is 0.305. The first-order chi connectivity index (χ1) is 11.4. The number of aryl methyl sites for hydroxylation is 3. The zero-order valence-electron chi connectivity index (χ0n) is 14.1. The Labute approximate surface area is 148 Å². The zero-order chi connectivity index (χ0) is 17.7. The number of thiocarbonyl (C=S) groups is 1. The van der Waals surface area contributed by atoms with Gasteiger partial charge < -0.3 is 10.5 Å². The number of benzene rings is 2. The predicted molar refractivity (Wildman–Crippen MR) is 102 cm³/mol. The van der Waals surface area contributed by atoms with E-state index in [1.807, 2.05) is 57.2 Å². The minimum absolute atomic E-state index is 0.106. The topological polar surface area (TPSA) is 59.0 Å². The molecule has 2 aromatic carbocycles. The maximum absolute atomic E-state index is 9.14. The van der Waals surface area contributed by atoms with Crippen molar-refractivity contribution in [3.05, 3.63) is 69.8 Å². The summed E-state index contributed by atoms with van der Waals surface area (Å²) in [5.41, 5.74) is 11.3. The molecule has 0 heterocycles. The summed E-state index contributed by atoms with van der Waals surface area (Å²) in [6.07, 6.45) is 1.73. The second-order valence-corrected chi connectivity index (χ2v) is 6.21. The summed E-state index contributed by atoms with van der Waals surface area (Å²) < 4.78 is 5.87. The van der Waals surface area contributed by atoms with E-state index in [4.69, 9.17) is 28.0 Å². The van der Waals surface area contributed by atoms with Crippen LogP contribution in [-0.4, -0.2) is 4.99 Å². The fourth-order valence-corrected chi connectivity index (χ4v) is 2.44. The third kappa shape index (κ3) is 4.43. The Morgan fingerprint density at radius 3 is 2.42 bits per heavy atom. The number of ether oxygens (including phenoxy) is 1. The third-order valence-corrected chi connectivity index (χ3v) is 4.05. The van der Waals surface area contributed by atoms with Crippen LogP contribution in [0.15, 0.2) is 42.0 Å². The van der Waals surface area contributed by atoms with Crippen LogP contribution in [0.5, 0.6) is 5.75 Å². The highest BCUT2D eigenvalue weighted by atomic mass is 32.1. The van der Waals surface area contributed by atoms with Gasteiger partial charge in [0.05, 0.1) is 5.57 Å². The van der Waals surface area contributed by atoms with Crippen molar-refractivity contribution in [1.29, 1.82) is 5.26 Å². The summed E-state index contributed by atoms with van der Waals surface area (Å²) in [6.45, 7) is 6.55. The van der Waals surface area contributed by atoms with Gasteiger partial charge in [0, 0.05) is 0 Å². The highest BCUT2D eigenvalue weighted by Crippen LogP contribution is 2.21. The molecular weight excluding hydrogens is 316 g/mol. The van der Waals surface area contributed by atoms with Crippen LogP contribution in [-0.2, 0) is 6.61 Å². The van der Waals surface area contributed by atoms with Gasteiger partial charge in [0.2, 0.25) is 0 Å². The summed E-state index contributed by atoms with van der Waals surface area (Å²) in [7, 11) is 0. The molecule has 2 N–H and O–H groups in total. The van der Waals surface area contributed by atoms with Gasteiger partial charge in [-0.05, 0) is 67.3 Å². The molecular formula is C20H20N2OS. The Balaban J connectivity index is 2.27. The molecule has 0 aliphatic carbocycles. The van der Waals surface area contributed by atoms with Gasteiger partial charge in [-0.2, -0.15) is 5.26 Å². The molecule has 0 aliphatic heterocycles. The van der Waals surface area contributed by atoms with E-state index in [1.165, 1.54) is 5.56 Å². The maximum atomic E-state index is 9.14. The van der Waals surface area contributed by atoms with E-state index in [9.17, 15) is 0 Å². The average molecular weight is 336 g/mol. The van der Waals surface area contributed by atoms with Gasteiger partial charge in [-0.1, -0.05) is 36.0 Å². The average Bonchev–Trinajstić information content (AvgIpc) is 2.54. The number of hydrogen-bond acceptors (Lipinski definition) is 3. The molecule has 0 saturated heterocycles. The Morgan fingerprint density at radius 2 is 1.83 bits per heavy atom. The van der Waals surface area contributed by atoms with E-state index < -0.39 is 0 Å². The summed E-state index contributed by atoms with van der Waals surface area (Å²) in [5.74, 6) is 0.832. The number of nitrogens with two attached hydrogens (primary N) is 1. The van der Waals surface area contributed by atoms with Gasteiger partial charge in [0.1, 0.15) is 23.4 Å². The van der Waals surface area contributed by atoms with Crippen LogP contribution in [0.4, 0.5) is 0 Å². The lowest BCUT2D eigenvalue weighted by atomic mass is 9.98. The van der Waals surface area contributed by atoms with E-state index in [-0.39, 0.29) is 4.99 Å². The van der Waals surface area contributed by atoms with Crippen LogP contribution in [0.25, 0.3) is 6.08 Å². The molecule has 0 fully saturated rings. The van der Waals surface area contributed by atoms with E-state index in [2.05, 4.69) is 6.07 Å². The minimum Gasteiger partial charge on any atom is -0.489 e. The molecule has 2 aromatic rings. The van der Waals surface area contributed by atoms with Crippen LogP contribution >= 0.6 is 12.2 Å². The fourth-order valence-electron chi connectivity index (χ4n) is 2.34. The number of nitriles is 1. The minimum atomic E-state index is 0.106. The van der Waals surface area contributed by atoms with Gasteiger partial charge >= 0.3 is 0 Å². The first kappa shape index (κ1) is 17.7. The van der Waals surface area contributed by atoms with E-state index in [0.717, 1.165) is 28.0 Å². The van der Waals surface area contributed by atoms with Crippen LogP contribution in [0.2, 0.25) is 0 Å². The molecule has 0 bridgehead atoms. The van der Waals surface area contributed by atoms with E-state index in [1.54, 1.807) is 6.08 Å². The Morgan fingerprint density at radius 1 is 1.17 bits per heavy atom. The van der Waals surface area contributed by atoms with Crippen LogP contribution in [0.1, 0.15) is 27.8 Å². The Kier molecular flexibility index (Phi) is 5.73. The molecule has 122 valence electrons. The largest absolute Gasteiger partial charge is 0.489 e. The fraction of sp³-hybridized carbons (Fsp3) is 0.200. The van der Waals surface area contributed by atoms with Gasteiger partial charge in [0.15, 0.2) is 0 Å². The van der Waals surface area contributed by atoms with E-state index in [0.29, 0.717) is 12.2 Å². The molecule has 0 saturated carbocycles. The van der Waals surface area contributed by atoms with Crippen LogP contribution in [0, 0.1) is 32.1 Å². The molecule has 0 aromatic heterocycles. The van der Waals surface area contributed by atoms with Crippen LogP contribution < -0.4 is 10.5 Å².